The maximum atomic E-state index is 6.06. The molecule has 0 saturated heterocycles. The van der Waals surface area contributed by atoms with Gasteiger partial charge in [-0.25, -0.2) is 0 Å². The average molecular weight is 272 g/mol. The zero-order valence-corrected chi connectivity index (χ0v) is 12.5. The number of furan rings is 1. The Bertz CT molecular complexity index is 571. The van der Waals surface area contributed by atoms with Gasteiger partial charge < -0.3 is 9.73 Å². The standard InChI is InChI=1S/C17H24N2O/c1-3-18-11-17-15(12-19(4-2)13-9-10-13)14-7-5-6-8-16(14)20-17/h5-8,13,18H,3-4,9-12H2,1-2H3. The van der Waals surface area contributed by atoms with Crippen molar-refractivity contribution < 1.29 is 4.42 Å². The number of nitrogens with zero attached hydrogens (tertiary/aromatic N) is 1. The zero-order chi connectivity index (χ0) is 13.9. The van der Waals surface area contributed by atoms with E-state index < -0.39 is 0 Å². The Morgan fingerprint density at radius 2 is 2.05 bits per heavy atom. The summed E-state index contributed by atoms with van der Waals surface area (Å²) in [6.45, 7) is 8.30. The minimum absolute atomic E-state index is 0.792. The van der Waals surface area contributed by atoms with Crippen molar-refractivity contribution in [2.24, 2.45) is 0 Å². The molecule has 108 valence electrons. The zero-order valence-electron chi connectivity index (χ0n) is 12.5. The monoisotopic (exact) mass is 272 g/mol. The van der Waals surface area contributed by atoms with E-state index in [0.29, 0.717) is 0 Å². The second kappa shape index (κ2) is 5.98. The van der Waals surface area contributed by atoms with Crippen LogP contribution in [-0.2, 0) is 13.1 Å². The highest BCUT2D eigenvalue weighted by molar-refractivity contribution is 5.82. The van der Waals surface area contributed by atoms with Crippen molar-refractivity contribution in [1.82, 2.24) is 10.2 Å². The van der Waals surface area contributed by atoms with Gasteiger partial charge in [0.25, 0.3) is 0 Å². The van der Waals surface area contributed by atoms with Crippen LogP contribution in [0.1, 0.15) is 38.0 Å². The lowest BCUT2D eigenvalue weighted by molar-refractivity contribution is 0.267. The number of nitrogens with one attached hydrogen (secondary N) is 1. The first kappa shape index (κ1) is 13.7. The quantitative estimate of drug-likeness (QED) is 0.836. The predicted octanol–water partition coefficient (Wildman–Crippen LogP) is 3.53. The maximum absolute atomic E-state index is 6.06. The molecule has 3 nitrogen and oxygen atoms in total. The molecule has 0 atom stereocenters. The van der Waals surface area contributed by atoms with Crippen molar-refractivity contribution >= 4 is 11.0 Å². The van der Waals surface area contributed by atoms with E-state index in [2.05, 4.69) is 42.3 Å². The van der Waals surface area contributed by atoms with E-state index in [1.807, 2.05) is 6.07 Å². The third-order valence-corrected chi connectivity index (χ3v) is 4.15. The fourth-order valence-corrected chi connectivity index (χ4v) is 2.85. The Kier molecular flexibility index (Phi) is 4.08. The first-order chi connectivity index (χ1) is 9.83. The average Bonchev–Trinajstić information content (AvgIpc) is 3.25. The number of fused-ring (bicyclic) bond motifs is 1. The van der Waals surface area contributed by atoms with Gasteiger partial charge in [-0.05, 0) is 32.0 Å². The third-order valence-electron chi connectivity index (χ3n) is 4.15. The smallest absolute Gasteiger partial charge is 0.134 e. The summed E-state index contributed by atoms with van der Waals surface area (Å²) in [6.07, 6.45) is 2.71. The molecule has 1 aromatic heterocycles. The van der Waals surface area contributed by atoms with Gasteiger partial charge in [0, 0.05) is 23.5 Å². The van der Waals surface area contributed by atoms with E-state index in [1.165, 1.54) is 23.8 Å². The molecule has 0 aliphatic heterocycles. The normalized spacial score (nSPS) is 15.3. The van der Waals surface area contributed by atoms with Crippen molar-refractivity contribution in [2.45, 2.75) is 45.8 Å². The highest BCUT2D eigenvalue weighted by atomic mass is 16.3. The highest BCUT2D eigenvalue weighted by Crippen LogP contribution is 2.32. The van der Waals surface area contributed by atoms with Crippen molar-refractivity contribution in [3.8, 4) is 0 Å². The molecule has 1 N–H and O–H groups in total. The van der Waals surface area contributed by atoms with Crippen LogP contribution in [0, 0.1) is 0 Å². The summed E-state index contributed by atoms with van der Waals surface area (Å²) in [5.41, 5.74) is 2.39. The van der Waals surface area contributed by atoms with E-state index >= 15 is 0 Å². The summed E-state index contributed by atoms with van der Waals surface area (Å²) in [4.78, 5) is 2.58. The second-order valence-corrected chi connectivity index (χ2v) is 5.57. The molecule has 1 aliphatic rings. The molecular weight excluding hydrogens is 248 g/mol. The van der Waals surface area contributed by atoms with Gasteiger partial charge >= 0.3 is 0 Å². The molecule has 0 radical (unpaired) electrons. The minimum atomic E-state index is 0.792. The fraction of sp³-hybridized carbons (Fsp3) is 0.529. The molecule has 2 aromatic rings. The Labute approximate surface area is 120 Å². The van der Waals surface area contributed by atoms with E-state index in [9.17, 15) is 0 Å². The van der Waals surface area contributed by atoms with Crippen LogP contribution in [0.2, 0.25) is 0 Å². The first-order valence-electron chi connectivity index (χ1n) is 7.77. The highest BCUT2D eigenvalue weighted by Gasteiger charge is 2.29. The number of para-hydroxylation sites is 1. The van der Waals surface area contributed by atoms with Gasteiger partial charge in [0.1, 0.15) is 11.3 Å². The first-order valence-corrected chi connectivity index (χ1v) is 7.77. The van der Waals surface area contributed by atoms with E-state index in [1.54, 1.807) is 0 Å². The molecule has 0 amide bonds. The van der Waals surface area contributed by atoms with E-state index in [4.69, 9.17) is 4.42 Å². The SMILES string of the molecule is CCNCc1oc2ccccc2c1CN(CC)C1CC1. The van der Waals surface area contributed by atoms with Crippen LogP contribution in [0.25, 0.3) is 11.0 Å². The largest absolute Gasteiger partial charge is 0.459 e. The molecule has 20 heavy (non-hydrogen) atoms. The lowest BCUT2D eigenvalue weighted by Gasteiger charge is -2.20. The predicted molar refractivity (Wildman–Crippen MR) is 82.7 cm³/mol. The van der Waals surface area contributed by atoms with Crippen molar-refractivity contribution in [2.75, 3.05) is 13.1 Å². The second-order valence-electron chi connectivity index (χ2n) is 5.57. The van der Waals surface area contributed by atoms with E-state index in [-0.39, 0.29) is 0 Å². The molecule has 0 spiro atoms. The van der Waals surface area contributed by atoms with Gasteiger partial charge in [-0.3, -0.25) is 4.90 Å². The summed E-state index contributed by atoms with van der Waals surface area (Å²) < 4.78 is 6.06. The van der Waals surface area contributed by atoms with Crippen molar-refractivity contribution in [1.29, 1.82) is 0 Å². The number of hydrogen-bond donors (Lipinski definition) is 1. The molecule has 1 fully saturated rings. The molecule has 1 saturated carbocycles. The lowest BCUT2D eigenvalue weighted by Crippen LogP contribution is -2.25. The molecule has 0 unspecified atom stereocenters. The van der Waals surface area contributed by atoms with Gasteiger partial charge in [0.15, 0.2) is 0 Å². The van der Waals surface area contributed by atoms with Gasteiger partial charge in [-0.2, -0.15) is 0 Å². The molecular formula is C17H24N2O. The van der Waals surface area contributed by atoms with Crippen LogP contribution in [0.15, 0.2) is 28.7 Å². The summed E-state index contributed by atoms with van der Waals surface area (Å²) in [7, 11) is 0. The van der Waals surface area contributed by atoms with Crippen LogP contribution in [0.4, 0.5) is 0 Å². The van der Waals surface area contributed by atoms with Gasteiger partial charge in [0.05, 0.1) is 6.54 Å². The van der Waals surface area contributed by atoms with Gasteiger partial charge in [-0.15, -0.1) is 0 Å². The third kappa shape index (κ3) is 2.74. The summed E-state index contributed by atoms with van der Waals surface area (Å²) in [5.74, 6) is 1.10. The van der Waals surface area contributed by atoms with Crippen molar-refractivity contribution in [3.05, 3.63) is 35.6 Å². The molecule has 3 rings (SSSR count). The summed E-state index contributed by atoms with van der Waals surface area (Å²) >= 11 is 0. The van der Waals surface area contributed by atoms with Crippen LogP contribution in [0.5, 0.6) is 0 Å². The minimum Gasteiger partial charge on any atom is -0.459 e. The Morgan fingerprint density at radius 3 is 2.75 bits per heavy atom. The Morgan fingerprint density at radius 1 is 1.25 bits per heavy atom. The van der Waals surface area contributed by atoms with Gasteiger partial charge in [-0.1, -0.05) is 32.0 Å². The molecule has 0 bridgehead atoms. The molecule has 3 heteroatoms. The van der Waals surface area contributed by atoms with Crippen molar-refractivity contribution in [3.63, 3.8) is 0 Å². The Balaban J connectivity index is 1.92. The molecule has 1 heterocycles. The topological polar surface area (TPSA) is 28.4 Å². The van der Waals surface area contributed by atoms with Crippen LogP contribution in [-0.4, -0.2) is 24.0 Å². The van der Waals surface area contributed by atoms with E-state index in [0.717, 1.165) is 43.6 Å². The molecule has 1 aromatic carbocycles. The summed E-state index contributed by atoms with van der Waals surface area (Å²) in [5, 5.41) is 4.67. The Hall–Kier alpha value is -1.32. The number of benzene rings is 1. The van der Waals surface area contributed by atoms with Crippen LogP contribution < -0.4 is 5.32 Å². The maximum Gasteiger partial charge on any atom is 0.134 e. The fourth-order valence-electron chi connectivity index (χ4n) is 2.85. The number of hydrogen-bond acceptors (Lipinski definition) is 3. The molecule has 1 aliphatic carbocycles. The van der Waals surface area contributed by atoms with Crippen LogP contribution in [0.3, 0.4) is 0 Å². The van der Waals surface area contributed by atoms with Gasteiger partial charge in [0.2, 0.25) is 0 Å². The van der Waals surface area contributed by atoms with Crippen LogP contribution >= 0.6 is 0 Å². The summed E-state index contributed by atoms with van der Waals surface area (Å²) in [6, 6.07) is 9.20. The number of rotatable bonds is 7. The lowest BCUT2D eigenvalue weighted by atomic mass is 10.1.